The summed E-state index contributed by atoms with van der Waals surface area (Å²) in [5.74, 6) is 0. The SMILES string of the molecule is [B]c1c([B])c([B])c2c(c1[B])c1c([B])c(-c3ccc4c(c3)c3cc(-c5ccccc5)ccc3n4-c3ccc(-c4ccccc4)cc3)c([B])c([B])c1n2-c1ccc(-c2ccccc2)cc1. The van der Waals surface area contributed by atoms with Crippen LogP contribution < -0.4 is 38.2 Å². The molecule has 2 nitrogen and oxygen atoms in total. The average Bonchev–Trinajstić information content (AvgIpc) is 3.87. The molecule has 0 saturated heterocycles. The van der Waals surface area contributed by atoms with Gasteiger partial charge < -0.3 is 9.13 Å². The molecule has 14 radical (unpaired) electrons. The van der Waals surface area contributed by atoms with Crippen molar-refractivity contribution in [1.82, 2.24) is 9.13 Å². The molecule has 0 bridgehead atoms. The molecule has 9 heteroatoms. The number of nitrogens with zero attached hydrogens (tertiary/aromatic N) is 2. The molecule has 0 spiro atoms. The fourth-order valence-corrected chi connectivity index (χ4v) is 9.40. The molecule has 11 rings (SSSR count). The Morgan fingerprint density at radius 1 is 0.270 bits per heavy atom. The van der Waals surface area contributed by atoms with Crippen molar-refractivity contribution < 1.29 is 0 Å². The zero-order chi connectivity index (χ0) is 43.1. The molecule has 276 valence electrons. The molecular formula is C54H29B7N2. The highest BCUT2D eigenvalue weighted by molar-refractivity contribution is 6.69. The molecule has 0 aliphatic carbocycles. The first kappa shape index (κ1) is 38.9. The van der Waals surface area contributed by atoms with Crippen LogP contribution in [0.4, 0.5) is 0 Å². The first-order chi connectivity index (χ1) is 30.7. The van der Waals surface area contributed by atoms with Crippen molar-refractivity contribution in [3.8, 4) is 55.9 Å². The van der Waals surface area contributed by atoms with Crippen molar-refractivity contribution in [2.24, 2.45) is 0 Å². The molecule has 0 N–H and O–H groups in total. The number of fused-ring (bicyclic) bond motifs is 6. The minimum absolute atomic E-state index is 0.176. The first-order valence-corrected chi connectivity index (χ1v) is 20.7. The second kappa shape index (κ2) is 15.1. The summed E-state index contributed by atoms with van der Waals surface area (Å²) in [4.78, 5) is 0. The monoisotopic (exact) mass is 782 g/mol. The van der Waals surface area contributed by atoms with Gasteiger partial charge in [0.15, 0.2) is 0 Å². The van der Waals surface area contributed by atoms with Crippen LogP contribution in [0, 0.1) is 0 Å². The molecule has 0 unspecified atom stereocenters. The van der Waals surface area contributed by atoms with Gasteiger partial charge in [-0.15, -0.1) is 10.9 Å². The highest BCUT2D eigenvalue weighted by Gasteiger charge is 2.25. The van der Waals surface area contributed by atoms with E-state index in [0.29, 0.717) is 43.8 Å². The molecule has 0 fully saturated rings. The fraction of sp³-hybridized carbons (Fsp3) is 0. The Hall–Kier alpha value is -6.97. The van der Waals surface area contributed by atoms with Crippen molar-refractivity contribution in [1.29, 1.82) is 0 Å². The number of hydrogen-bond donors (Lipinski definition) is 0. The van der Waals surface area contributed by atoms with Gasteiger partial charge in [0, 0.05) is 38.6 Å². The lowest BCUT2D eigenvalue weighted by Gasteiger charge is -2.19. The van der Waals surface area contributed by atoms with Gasteiger partial charge >= 0.3 is 0 Å². The average molecular weight is 782 g/mol. The standard InChI is InChI=1S/C54H29B7N2/c55-46-43(47(56)51(60)53-44(46)45-48(57)49(58)50(59)52(61)54(45)63(53)38-24-18-34(19-25-38)31-12-6-2-7-13-31)36-21-27-42-40(29-36)39-28-35(32-14-8-3-9-15-32)20-26-41(39)62(42)37-22-16-33(17-23-37)30-10-4-1-5-11-30/h1-29H. The summed E-state index contributed by atoms with van der Waals surface area (Å²) in [7, 11) is 48.6. The quantitative estimate of drug-likeness (QED) is 0.181. The summed E-state index contributed by atoms with van der Waals surface area (Å²) >= 11 is 0. The molecule has 2 heterocycles. The van der Waals surface area contributed by atoms with Gasteiger partial charge in [-0.2, -0.15) is 0 Å². The Morgan fingerprint density at radius 3 is 1.14 bits per heavy atom. The maximum atomic E-state index is 7.38. The summed E-state index contributed by atoms with van der Waals surface area (Å²) in [5, 5.41) is 3.23. The van der Waals surface area contributed by atoms with Crippen molar-refractivity contribution in [2.75, 3.05) is 0 Å². The minimum atomic E-state index is 0.176. The van der Waals surface area contributed by atoms with E-state index in [4.69, 9.17) is 54.9 Å². The van der Waals surface area contributed by atoms with E-state index in [-0.39, 0.29) is 21.9 Å². The molecule has 11 aromatic rings. The number of benzene rings is 9. The van der Waals surface area contributed by atoms with Crippen LogP contribution in [-0.2, 0) is 0 Å². The lowest BCUT2D eigenvalue weighted by Crippen LogP contribution is -2.48. The topological polar surface area (TPSA) is 9.86 Å². The Morgan fingerprint density at radius 2 is 0.635 bits per heavy atom. The Kier molecular flexibility index (Phi) is 9.35. The number of rotatable bonds is 6. The molecule has 0 aliphatic heterocycles. The summed E-state index contributed by atoms with van der Waals surface area (Å²) < 4.78 is 4.24. The second-order valence-corrected chi connectivity index (χ2v) is 16.0. The summed E-state index contributed by atoms with van der Waals surface area (Å²) in [6.07, 6.45) is 0. The van der Waals surface area contributed by atoms with E-state index in [0.717, 1.165) is 72.1 Å². The van der Waals surface area contributed by atoms with Crippen molar-refractivity contribution >= 4 is 137 Å². The lowest BCUT2D eigenvalue weighted by molar-refractivity contribution is 1.18. The van der Waals surface area contributed by atoms with Crippen LogP contribution in [-0.4, -0.2) is 64.1 Å². The summed E-state index contributed by atoms with van der Waals surface area (Å²) in [6.45, 7) is 0. The van der Waals surface area contributed by atoms with Gasteiger partial charge in [0.05, 0.1) is 11.0 Å². The number of aromatic nitrogens is 2. The molecule has 2 aromatic heterocycles. The zero-order valence-corrected chi connectivity index (χ0v) is 34.2. The molecule has 0 saturated carbocycles. The maximum absolute atomic E-state index is 7.38. The van der Waals surface area contributed by atoms with Crippen LogP contribution in [0.25, 0.3) is 99.5 Å². The van der Waals surface area contributed by atoms with Crippen molar-refractivity contribution in [3.05, 3.63) is 176 Å². The van der Waals surface area contributed by atoms with Crippen molar-refractivity contribution in [2.45, 2.75) is 0 Å². The second-order valence-electron chi connectivity index (χ2n) is 16.0. The molecule has 0 amide bonds. The van der Waals surface area contributed by atoms with Gasteiger partial charge in [-0.05, 0) is 98.4 Å². The minimum Gasteiger partial charge on any atom is -0.311 e. The third-order valence-electron chi connectivity index (χ3n) is 12.5. The normalized spacial score (nSPS) is 11.6. The van der Waals surface area contributed by atoms with Crippen molar-refractivity contribution in [3.63, 3.8) is 0 Å². The molecule has 63 heavy (non-hydrogen) atoms. The summed E-state index contributed by atoms with van der Waals surface area (Å²) in [5.41, 5.74) is 14.9. The van der Waals surface area contributed by atoms with E-state index in [1.54, 1.807) is 0 Å². The Balaban J connectivity index is 1.16. The van der Waals surface area contributed by atoms with E-state index < -0.39 is 0 Å². The zero-order valence-electron chi connectivity index (χ0n) is 34.2. The third-order valence-corrected chi connectivity index (χ3v) is 12.5. The van der Waals surface area contributed by atoms with Crippen LogP contribution >= 0.6 is 0 Å². The largest absolute Gasteiger partial charge is 0.311 e. The first-order valence-electron chi connectivity index (χ1n) is 20.7. The number of hydrogen-bond acceptors (Lipinski definition) is 0. The Labute approximate surface area is 375 Å². The molecule has 0 aliphatic rings. The molecular weight excluding hydrogens is 752 g/mol. The third kappa shape index (κ3) is 6.12. The smallest absolute Gasteiger partial charge is 0.115 e. The van der Waals surface area contributed by atoms with Gasteiger partial charge in [0.25, 0.3) is 0 Å². The van der Waals surface area contributed by atoms with Gasteiger partial charge in [0.2, 0.25) is 0 Å². The van der Waals surface area contributed by atoms with Crippen LogP contribution in [0.2, 0.25) is 0 Å². The summed E-state index contributed by atoms with van der Waals surface area (Å²) in [6, 6.07) is 60.7. The Bertz CT molecular complexity index is 3600. The van der Waals surface area contributed by atoms with E-state index in [1.807, 2.05) is 65.2 Å². The van der Waals surface area contributed by atoms with Crippen LogP contribution in [0.5, 0.6) is 0 Å². The lowest BCUT2D eigenvalue weighted by atomic mass is 9.64. The predicted octanol–water partition coefficient (Wildman–Crippen LogP) is 6.11. The van der Waals surface area contributed by atoms with Crippen LogP contribution in [0.3, 0.4) is 0 Å². The van der Waals surface area contributed by atoms with Gasteiger partial charge in [0.1, 0.15) is 54.9 Å². The van der Waals surface area contributed by atoms with E-state index >= 15 is 0 Å². The van der Waals surface area contributed by atoms with Gasteiger partial charge in [-0.25, -0.2) is 0 Å². The van der Waals surface area contributed by atoms with Gasteiger partial charge in [-0.3, -0.25) is 0 Å². The van der Waals surface area contributed by atoms with Crippen LogP contribution in [0.15, 0.2) is 176 Å². The predicted molar refractivity (Wildman–Crippen MR) is 275 cm³/mol. The highest BCUT2D eigenvalue weighted by atomic mass is 15.0. The van der Waals surface area contributed by atoms with E-state index in [2.05, 4.69) is 120 Å². The highest BCUT2D eigenvalue weighted by Crippen LogP contribution is 2.38. The molecule has 0 atom stereocenters. The van der Waals surface area contributed by atoms with Crippen LogP contribution in [0.1, 0.15) is 0 Å². The van der Waals surface area contributed by atoms with E-state index in [9.17, 15) is 0 Å². The van der Waals surface area contributed by atoms with Gasteiger partial charge in [-0.1, -0.05) is 155 Å². The fourth-order valence-electron chi connectivity index (χ4n) is 9.40. The molecule has 9 aromatic carbocycles. The maximum Gasteiger partial charge on any atom is 0.115 e. The van der Waals surface area contributed by atoms with E-state index in [1.165, 1.54) is 0 Å².